The first-order chi connectivity index (χ1) is 18.9. The minimum absolute atomic E-state index is 0.0376. The lowest BCUT2D eigenvalue weighted by Gasteiger charge is -2.28. The quantitative estimate of drug-likeness (QED) is 0.359. The van der Waals surface area contributed by atoms with Crippen molar-refractivity contribution in [2.24, 2.45) is 5.92 Å². The molecule has 3 aliphatic rings. The van der Waals surface area contributed by atoms with Crippen LogP contribution in [-0.2, 0) is 12.0 Å². The van der Waals surface area contributed by atoms with E-state index in [2.05, 4.69) is 35.8 Å². The number of nitrogens with two attached hydrogens (primary N) is 1. The molecule has 2 fully saturated rings. The second-order valence-electron chi connectivity index (χ2n) is 11.0. The van der Waals surface area contributed by atoms with Crippen LogP contribution in [0, 0.1) is 17.6 Å². The Morgan fingerprint density at radius 1 is 1.13 bits per heavy atom. The predicted molar refractivity (Wildman–Crippen MR) is 140 cm³/mol. The molecule has 0 bridgehead atoms. The summed E-state index contributed by atoms with van der Waals surface area (Å²) in [5.41, 5.74) is 8.72. The van der Waals surface area contributed by atoms with E-state index in [0.717, 1.165) is 49.6 Å². The summed E-state index contributed by atoms with van der Waals surface area (Å²) in [7, 11) is 0. The molecular weight excluding hydrogens is 502 g/mol. The van der Waals surface area contributed by atoms with E-state index in [1.165, 1.54) is 36.7 Å². The number of aryl methyl sites for hydroxylation is 1. The molecule has 7 rings (SSSR count). The number of likely N-dealkylation sites (tertiary alicyclic amines) is 1. The Bertz CT molecular complexity index is 1500. The summed E-state index contributed by atoms with van der Waals surface area (Å²) in [5, 5.41) is 12.1. The molecule has 1 aliphatic carbocycles. The maximum atomic E-state index is 14.3. The van der Waals surface area contributed by atoms with Crippen molar-refractivity contribution in [3.8, 4) is 17.0 Å². The van der Waals surface area contributed by atoms with Gasteiger partial charge in [0.2, 0.25) is 0 Å². The van der Waals surface area contributed by atoms with Gasteiger partial charge in [-0.05, 0) is 69.3 Å². The maximum Gasteiger partial charge on any atom is 0.166 e. The molecule has 1 saturated carbocycles. The number of ether oxygens (including phenoxy) is 1. The lowest BCUT2D eigenvalue weighted by atomic mass is 9.82. The van der Waals surface area contributed by atoms with Gasteiger partial charge in [0, 0.05) is 36.0 Å². The van der Waals surface area contributed by atoms with Gasteiger partial charge in [-0.2, -0.15) is 10.2 Å². The summed E-state index contributed by atoms with van der Waals surface area (Å²) in [6.45, 7) is 4.41. The SMILES string of the molecule is C[C@@H](Oc1cc(-c2cc3n(n2)CC[C@@]32CCN(C(c3ncn[nH]3)C3CC3)C2)cnc1N)c1c(F)cccc1F. The van der Waals surface area contributed by atoms with Gasteiger partial charge >= 0.3 is 0 Å². The molecule has 39 heavy (non-hydrogen) atoms. The number of nitrogens with zero attached hydrogens (tertiary/aromatic N) is 6. The maximum absolute atomic E-state index is 14.3. The van der Waals surface area contributed by atoms with Crippen LogP contribution in [0.25, 0.3) is 11.3 Å². The van der Waals surface area contributed by atoms with Gasteiger partial charge in [0.15, 0.2) is 11.6 Å². The average Bonchev–Trinajstić information content (AvgIpc) is 3.28. The van der Waals surface area contributed by atoms with Gasteiger partial charge in [0.25, 0.3) is 0 Å². The molecule has 1 saturated heterocycles. The van der Waals surface area contributed by atoms with Crippen molar-refractivity contribution >= 4 is 5.82 Å². The number of pyridine rings is 1. The van der Waals surface area contributed by atoms with Crippen molar-refractivity contribution in [3.05, 3.63) is 71.6 Å². The minimum atomic E-state index is -0.894. The fraction of sp³-hybridized carbons (Fsp3) is 0.429. The van der Waals surface area contributed by atoms with Gasteiger partial charge in [0.05, 0.1) is 17.3 Å². The number of aromatic nitrogens is 6. The summed E-state index contributed by atoms with van der Waals surface area (Å²) in [6.07, 6.45) is 6.94. The topological polar surface area (TPSA) is 111 Å². The lowest BCUT2D eigenvalue weighted by Crippen LogP contribution is -2.33. The molecule has 3 aromatic heterocycles. The van der Waals surface area contributed by atoms with E-state index >= 15 is 0 Å². The largest absolute Gasteiger partial charge is 0.482 e. The molecule has 4 aromatic rings. The zero-order valence-electron chi connectivity index (χ0n) is 21.6. The number of nitrogen functional groups attached to an aromatic ring is 1. The van der Waals surface area contributed by atoms with E-state index in [4.69, 9.17) is 15.6 Å². The van der Waals surface area contributed by atoms with E-state index < -0.39 is 17.7 Å². The molecule has 202 valence electrons. The Kier molecular flexibility index (Phi) is 5.66. The highest BCUT2D eigenvalue weighted by Crippen LogP contribution is 2.50. The Morgan fingerprint density at radius 3 is 2.67 bits per heavy atom. The third-order valence-corrected chi connectivity index (χ3v) is 8.57. The van der Waals surface area contributed by atoms with Gasteiger partial charge in [-0.25, -0.2) is 18.7 Å². The van der Waals surface area contributed by atoms with Gasteiger partial charge in [0.1, 0.15) is 29.9 Å². The van der Waals surface area contributed by atoms with Gasteiger partial charge in [-0.15, -0.1) is 0 Å². The molecule has 1 unspecified atom stereocenters. The van der Waals surface area contributed by atoms with E-state index in [9.17, 15) is 8.78 Å². The second kappa shape index (κ2) is 9.11. The van der Waals surface area contributed by atoms with Crippen LogP contribution in [0.1, 0.15) is 61.8 Å². The highest BCUT2D eigenvalue weighted by atomic mass is 19.1. The van der Waals surface area contributed by atoms with Crippen LogP contribution in [0.15, 0.2) is 42.9 Å². The monoisotopic (exact) mass is 532 g/mol. The molecular formula is C28H30F2N8O. The Balaban J connectivity index is 1.14. The smallest absolute Gasteiger partial charge is 0.166 e. The highest BCUT2D eigenvalue weighted by molar-refractivity contribution is 5.65. The number of aromatic amines is 1. The first kappa shape index (κ1) is 24.2. The minimum Gasteiger partial charge on any atom is -0.482 e. The van der Waals surface area contributed by atoms with Crippen molar-refractivity contribution in [1.82, 2.24) is 34.8 Å². The van der Waals surface area contributed by atoms with Gasteiger partial charge in [-0.1, -0.05) is 6.07 Å². The van der Waals surface area contributed by atoms with E-state index in [1.54, 1.807) is 25.5 Å². The van der Waals surface area contributed by atoms with Gasteiger partial charge in [-0.3, -0.25) is 14.7 Å². The number of anilines is 1. The van der Waals surface area contributed by atoms with Crippen LogP contribution in [0.5, 0.6) is 5.75 Å². The summed E-state index contributed by atoms with van der Waals surface area (Å²) < 4.78 is 36.6. The summed E-state index contributed by atoms with van der Waals surface area (Å²) >= 11 is 0. The highest BCUT2D eigenvalue weighted by Gasteiger charge is 2.50. The van der Waals surface area contributed by atoms with E-state index in [0.29, 0.717) is 5.92 Å². The van der Waals surface area contributed by atoms with Crippen LogP contribution in [0.4, 0.5) is 14.6 Å². The molecule has 11 heteroatoms. The molecule has 2 aliphatic heterocycles. The number of hydrogen-bond donors (Lipinski definition) is 2. The van der Waals surface area contributed by atoms with Crippen LogP contribution in [0.2, 0.25) is 0 Å². The zero-order valence-corrected chi connectivity index (χ0v) is 21.6. The van der Waals surface area contributed by atoms with Crippen molar-refractivity contribution < 1.29 is 13.5 Å². The summed E-state index contributed by atoms with van der Waals surface area (Å²) in [5.74, 6) is 0.673. The van der Waals surface area contributed by atoms with Crippen LogP contribution < -0.4 is 10.5 Å². The zero-order chi connectivity index (χ0) is 26.7. The van der Waals surface area contributed by atoms with Crippen molar-refractivity contribution in [2.45, 2.75) is 56.7 Å². The van der Waals surface area contributed by atoms with Crippen LogP contribution in [-0.4, -0.2) is 47.9 Å². The summed E-state index contributed by atoms with van der Waals surface area (Å²) in [4.78, 5) is 11.4. The first-order valence-electron chi connectivity index (χ1n) is 13.5. The fourth-order valence-corrected chi connectivity index (χ4v) is 6.46. The lowest BCUT2D eigenvalue weighted by molar-refractivity contribution is 0.198. The molecule has 3 atom stereocenters. The molecule has 0 amide bonds. The van der Waals surface area contributed by atoms with Crippen molar-refractivity contribution in [1.29, 1.82) is 0 Å². The first-order valence-corrected chi connectivity index (χ1v) is 13.5. The molecule has 5 heterocycles. The second-order valence-corrected chi connectivity index (χ2v) is 11.0. The number of fused-ring (bicyclic) bond motifs is 2. The number of benzene rings is 1. The third-order valence-electron chi connectivity index (χ3n) is 8.57. The van der Waals surface area contributed by atoms with Crippen molar-refractivity contribution in [3.63, 3.8) is 0 Å². The fourth-order valence-electron chi connectivity index (χ4n) is 6.46. The Morgan fingerprint density at radius 2 is 1.92 bits per heavy atom. The van der Waals surface area contributed by atoms with Crippen LogP contribution in [0.3, 0.4) is 0 Å². The van der Waals surface area contributed by atoms with E-state index in [1.807, 2.05) is 0 Å². The third kappa shape index (κ3) is 4.15. The predicted octanol–water partition coefficient (Wildman–Crippen LogP) is 4.56. The number of H-pyrrole nitrogens is 1. The molecule has 1 aromatic carbocycles. The van der Waals surface area contributed by atoms with Crippen molar-refractivity contribution in [2.75, 3.05) is 18.8 Å². The Hall–Kier alpha value is -3.86. The van der Waals surface area contributed by atoms with Crippen LogP contribution >= 0.6 is 0 Å². The standard InChI is InChI=1S/C28H30F2N8O/c1-16(24-19(29)3-2-4-20(24)30)39-22-11-18(13-32-26(22)31)21-12-23-28(8-10-38(23)36-21)7-9-37(14-28)25(17-5-6-17)27-33-15-34-35-27/h2-4,11-13,15-17,25H,5-10,14H2,1H3,(H2,31,32)(H,33,34,35)/t16-,25?,28-/m1/s1. The number of hydrogen-bond acceptors (Lipinski definition) is 7. The molecule has 3 N–H and O–H groups in total. The molecule has 1 spiro atoms. The number of rotatable bonds is 7. The number of halogens is 2. The molecule has 9 nitrogen and oxygen atoms in total. The average molecular weight is 533 g/mol. The summed E-state index contributed by atoms with van der Waals surface area (Å²) in [6, 6.07) is 7.92. The van der Waals surface area contributed by atoms with E-state index in [-0.39, 0.29) is 28.6 Å². The Labute approximate surface area is 224 Å². The number of nitrogens with one attached hydrogen (secondary N) is 1. The molecule has 0 radical (unpaired) electrons. The van der Waals surface area contributed by atoms with Gasteiger partial charge < -0.3 is 10.5 Å². The normalized spacial score (nSPS) is 22.3.